The Balaban J connectivity index is 1.98. The maximum Gasteiger partial charge on any atom is 0.235 e. The van der Waals surface area contributed by atoms with E-state index in [2.05, 4.69) is 10.0 Å². The molecule has 0 amide bonds. The quantitative estimate of drug-likeness (QED) is 0.845. The van der Waals surface area contributed by atoms with E-state index in [9.17, 15) is 8.42 Å². The van der Waals surface area contributed by atoms with E-state index < -0.39 is 10.0 Å². The molecule has 0 saturated heterocycles. The van der Waals surface area contributed by atoms with E-state index >= 15 is 0 Å². The van der Waals surface area contributed by atoms with Crippen LogP contribution in [-0.2, 0) is 21.2 Å². The van der Waals surface area contributed by atoms with Gasteiger partial charge in [0, 0.05) is 12.2 Å². The number of sulfonamides is 1. The van der Waals surface area contributed by atoms with Gasteiger partial charge in [-0.15, -0.1) is 0 Å². The van der Waals surface area contributed by atoms with E-state index in [0.717, 1.165) is 25.1 Å². The van der Waals surface area contributed by atoms with Crippen LogP contribution >= 0.6 is 0 Å². The molecule has 20 heavy (non-hydrogen) atoms. The van der Waals surface area contributed by atoms with Crippen molar-refractivity contribution in [3.8, 4) is 0 Å². The van der Waals surface area contributed by atoms with Crippen molar-refractivity contribution in [2.24, 2.45) is 0 Å². The van der Waals surface area contributed by atoms with Crippen molar-refractivity contribution in [1.82, 2.24) is 0 Å². The third kappa shape index (κ3) is 4.38. The van der Waals surface area contributed by atoms with E-state index in [4.69, 9.17) is 4.74 Å². The number of hydrogen-bond acceptors (Lipinski definition) is 4. The van der Waals surface area contributed by atoms with Gasteiger partial charge in [-0.1, -0.05) is 6.07 Å². The fourth-order valence-corrected chi connectivity index (χ4v) is 3.05. The number of benzene rings is 1. The molecule has 0 radical (unpaired) electrons. The summed E-state index contributed by atoms with van der Waals surface area (Å²) in [6, 6.07) is 5.64. The third-order valence-electron chi connectivity index (χ3n) is 3.12. The van der Waals surface area contributed by atoms with Gasteiger partial charge in [-0.05, 0) is 44.4 Å². The molecule has 0 fully saturated rings. The van der Waals surface area contributed by atoms with E-state index in [1.807, 2.05) is 32.0 Å². The van der Waals surface area contributed by atoms with Crippen LogP contribution in [0, 0.1) is 0 Å². The summed E-state index contributed by atoms with van der Waals surface area (Å²) in [7, 11) is -3.36. The van der Waals surface area contributed by atoms with Crippen molar-refractivity contribution in [3.63, 3.8) is 0 Å². The summed E-state index contributed by atoms with van der Waals surface area (Å²) in [4.78, 5) is 0. The standard InChI is InChI=1S/C14H22N2O3S/c1-11(2)19-8-9-20(17,18)16-13-6-5-12-4-3-7-15-14(12)10-13/h5-6,10-11,15-16H,3-4,7-9H2,1-2H3. The molecule has 0 aromatic heterocycles. The highest BCUT2D eigenvalue weighted by Gasteiger charge is 2.13. The molecule has 0 aliphatic carbocycles. The topological polar surface area (TPSA) is 67.4 Å². The molecule has 0 bridgehead atoms. The fourth-order valence-electron chi connectivity index (χ4n) is 2.15. The highest BCUT2D eigenvalue weighted by Crippen LogP contribution is 2.25. The molecule has 1 aliphatic heterocycles. The van der Waals surface area contributed by atoms with E-state index in [1.165, 1.54) is 5.56 Å². The Kier molecular flexibility index (Phi) is 4.88. The lowest BCUT2D eigenvalue weighted by Gasteiger charge is -2.19. The largest absolute Gasteiger partial charge is 0.385 e. The van der Waals surface area contributed by atoms with Gasteiger partial charge in [-0.25, -0.2) is 8.42 Å². The molecule has 1 aliphatic rings. The number of nitrogens with one attached hydrogen (secondary N) is 2. The van der Waals surface area contributed by atoms with Crippen molar-refractivity contribution >= 4 is 21.4 Å². The zero-order chi connectivity index (χ0) is 14.6. The summed E-state index contributed by atoms with van der Waals surface area (Å²) in [5.41, 5.74) is 2.86. The molecule has 2 rings (SSSR count). The van der Waals surface area contributed by atoms with Gasteiger partial charge in [0.1, 0.15) is 0 Å². The second-order valence-electron chi connectivity index (χ2n) is 5.24. The number of hydrogen-bond donors (Lipinski definition) is 2. The Morgan fingerprint density at radius 2 is 2.20 bits per heavy atom. The molecule has 5 nitrogen and oxygen atoms in total. The summed E-state index contributed by atoms with van der Waals surface area (Å²) >= 11 is 0. The third-order valence-corrected chi connectivity index (χ3v) is 4.38. The van der Waals surface area contributed by atoms with Crippen LogP contribution in [0.4, 0.5) is 11.4 Å². The summed E-state index contributed by atoms with van der Waals surface area (Å²) in [6.45, 7) is 4.91. The van der Waals surface area contributed by atoms with Crippen LogP contribution in [0.3, 0.4) is 0 Å². The first-order chi connectivity index (χ1) is 9.46. The lowest BCUT2D eigenvalue weighted by molar-refractivity contribution is 0.0913. The predicted molar refractivity (Wildman–Crippen MR) is 81.8 cm³/mol. The van der Waals surface area contributed by atoms with Crippen LogP contribution in [0.2, 0.25) is 0 Å². The van der Waals surface area contributed by atoms with Crippen LogP contribution in [-0.4, -0.2) is 33.4 Å². The van der Waals surface area contributed by atoms with Crippen LogP contribution in [0.5, 0.6) is 0 Å². The number of rotatable bonds is 6. The maximum atomic E-state index is 11.9. The van der Waals surface area contributed by atoms with Crippen molar-refractivity contribution in [2.45, 2.75) is 32.8 Å². The molecule has 6 heteroatoms. The van der Waals surface area contributed by atoms with Gasteiger partial charge >= 0.3 is 0 Å². The monoisotopic (exact) mass is 298 g/mol. The number of fused-ring (bicyclic) bond motifs is 1. The van der Waals surface area contributed by atoms with E-state index in [1.54, 1.807) is 0 Å². The zero-order valence-corrected chi connectivity index (χ0v) is 12.8. The van der Waals surface area contributed by atoms with Gasteiger partial charge < -0.3 is 10.1 Å². The number of anilines is 2. The molecule has 0 unspecified atom stereocenters. The fraction of sp³-hybridized carbons (Fsp3) is 0.571. The first kappa shape index (κ1) is 15.1. The maximum absolute atomic E-state index is 11.9. The Bertz CT molecular complexity index is 556. The smallest absolute Gasteiger partial charge is 0.235 e. The zero-order valence-electron chi connectivity index (χ0n) is 12.0. The summed E-state index contributed by atoms with van der Waals surface area (Å²) in [6.07, 6.45) is 2.19. The van der Waals surface area contributed by atoms with Crippen LogP contribution in [0.15, 0.2) is 18.2 Å². The predicted octanol–water partition coefficient (Wildman–Crippen LogP) is 2.21. The minimum Gasteiger partial charge on any atom is -0.385 e. The van der Waals surface area contributed by atoms with Gasteiger partial charge in [0.15, 0.2) is 0 Å². The summed E-state index contributed by atoms with van der Waals surface area (Å²) in [5, 5.41) is 3.29. The van der Waals surface area contributed by atoms with Gasteiger partial charge in [0.25, 0.3) is 0 Å². The van der Waals surface area contributed by atoms with Crippen molar-refractivity contribution in [2.75, 3.05) is 28.9 Å². The molecule has 1 heterocycles. The average Bonchev–Trinajstić information content (AvgIpc) is 2.37. The highest BCUT2D eigenvalue weighted by atomic mass is 32.2. The van der Waals surface area contributed by atoms with Gasteiger partial charge in [0.2, 0.25) is 10.0 Å². The van der Waals surface area contributed by atoms with Crippen molar-refractivity contribution < 1.29 is 13.2 Å². The van der Waals surface area contributed by atoms with Crippen LogP contribution in [0.1, 0.15) is 25.8 Å². The second kappa shape index (κ2) is 6.45. The Morgan fingerprint density at radius 3 is 2.95 bits per heavy atom. The summed E-state index contributed by atoms with van der Waals surface area (Å²) < 4.78 is 31.7. The summed E-state index contributed by atoms with van der Waals surface area (Å²) in [5.74, 6) is -0.0321. The molecule has 1 aromatic carbocycles. The lowest BCUT2D eigenvalue weighted by Crippen LogP contribution is -2.22. The second-order valence-corrected chi connectivity index (χ2v) is 7.08. The van der Waals surface area contributed by atoms with E-state index in [-0.39, 0.29) is 18.5 Å². The SMILES string of the molecule is CC(C)OCCS(=O)(=O)Nc1ccc2c(c1)NCCC2. The van der Waals surface area contributed by atoms with Gasteiger partial charge in [0.05, 0.1) is 24.2 Å². The molecular weight excluding hydrogens is 276 g/mol. The van der Waals surface area contributed by atoms with Gasteiger partial charge in [-0.3, -0.25) is 4.72 Å². The minimum absolute atomic E-state index is 0.0321. The molecule has 112 valence electrons. The number of ether oxygens (including phenoxy) is 1. The molecule has 1 aromatic rings. The van der Waals surface area contributed by atoms with Crippen LogP contribution < -0.4 is 10.0 Å². The van der Waals surface area contributed by atoms with Crippen molar-refractivity contribution in [3.05, 3.63) is 23.8 Å². The van der Waals surface area contributed by atoms with Gasteiger partial charge in [-0.2, -0.15) is 0 Å². The molecule has 0 spiro atoms. The molecular formula is C14H22N2O3S. The Labute approximate surface area is 120 Å². The minimum atomic E-state index is -3.36. The molecule has 0 saturated carbocycles. The van der Waals surface area contributed by atoms with Crippen molar-refractivity contribution in [1.29, 1.82) is 0 Å². The van der Waals surface area contributed by atoms with E-state index in [0.29, 0.717) is 5.69 Å². The van der Waals surface area contributed by atoms with Crippen LogP contribution in [0.25, 0.3) is 0 Å². The lowest BCUT2D eigenvalue weighted by atomic mass is 10.0. The Hall–Kier alpha value is -1.27. The first-order valence-corrected chi connectivity index (χ1v) is 8.60. The first-order valence-electron chi connectivity index (χ1n) is 6.95. The number of aryl methyl sites for hydroxylation is 1. The Morgan fingerprint density at radius 1 is 1.40 bits per heavy atom. The highest BCUT2D eigenvalue weighted by molar-refractivity contribution is 7.92. The normalized spacial score (nSPS) is 14.8. The average molecular weight is 298 g/mol. The molecule has 0 atom stereocenters. The molecule has 2 N–H and O–H groups in total.